The van der Waals surface area contributed by atoms with Crippen LogP contribution in [0.4, 0.5) is 0 Å². The van der Waals surface area contributed by atoms with Crippen molar-refractivity contribution in [3.05, 3.63) is 35.5 Å². The fraction of sp³-hybridized carbons (Fsp3) is 0.811. The number of carbonyl (C=O) groups is 1. The van der Waals surface area contributed by atoms with Gasteiger partial charge in [0.15, 0.2) is 6.29 Å². The lowest BCUT2D eigenvalue weighted by atomic mass is 9.45. The highest BCUT2D eigenvalue weighted by Crippen LogP contribution is 2.72. The van der Waals surface area contributed by atoms with Crippen LogP contribution in [0, 0.1) is 39.9 Å². The van der Waals surface area contributed by atoms with Crippen molar-refractivity contribution in [2.24, 2.45) is 39.9 Å². The minimum absolute atomic E-state index is 0.0292. The van der Waals surface area contributed by atoms with E-state index in [2.05, 4.69) is 47.8 Å². The summed E-state index contributed by atoms with van der Waals surface area (Å²) < 4.78 is 17.4. The highest BCUT2D eigenvalue weighted by Gasteiger charge is 2.71. The van der Waals surface area contributed by atoms with Crippen LogP contribution in [0.15, 0.2) is 35.5 Å². The Balaban J connectivity index is 1.40. The third-order valence-corrected chi connectivity index (χ3v) is 13.5. The van der Waals surface area contributed by atoms with Gasteiger partial charge in [0, 0.05) is 7.11 Å². The molecule has 5 aliphatic rings. The van der Waals surface area contributed by atoms with Gasteiger partial charge in [0.1, 0.15) is 29.8 Å². The molecule has 5 rings (SSSR count). The normalized spacial score (nSPS) is 44.8. The van der Waals surface area contributed by atoms with E-state index in [4.69, 9.17) is 14.2 Å². The lowest BCUT2D eigenvalue weighted by Crippen LogP contribution is -2.61. The molecule has 2 saturated carbocycles. The Kier molecular flexibility index (Phi) is 10.1. The van der Waals surface area contributed by atoms with E-state index in [-0.39, 0.29) is 23.2 Å². The summed E-state index contributed by atoms with van der Waals surface area (Å²) in [7, 11) is 1.39. The van der Waals surface area contributed by atoms with Gasteiger partial charge in [-0.1, -0.05) is 64.5 Å². The average molecular weight is 647 g/mol. The Bertz CT molecular complexity index is 1230. The molecular weight excluding hydrogens is 588 g/mol. The van der Waals surface area contributed by atoms with Gasteiger partial charge in [-0.15, -0.1) is 0 Å². The lowest BCUT2D eigenvalue weighted by Gasteiger charge is -2.59. The number of methoxy groups -OCH3 is 1. The number of allylic oxidation sites excluding steroid dienone is 2. The predicted molar refractivity (Wildman–Crippen MR) is 174 cm³/mol. The van der Waals surface area contributed by atoms with Crippen LogP contribution in [-0.4, -0.2) is 88.1 Å². The Morgan fingerprint density at radius 1 is 1.07 bits per heavy atom. The molecule has 9 heteroatoms. The molecule has 1 aliphatic heterocycles. The van der Waals surface area contributed by atoms with Crippen LogP contribution in [0.3, 0.4) is 0 Å². The SMILES string of the molecule is C=C(CCC(C)C1CC(O)C2(C(=O)O)C3=C(CCC12C)C1(C)CCC(OC2OC(CO)C(OC)C(O)C2O)C(=C)C1CC3)C(C)C. The van der Waals surface area contributed by atoms with Crippen LogP contribution in [0.2, 0.25) is 0 Å². The third-order valence-electron chi connectivity index (χ3n) is 13.5. The maximum absolute atomic E-state index is 13.6. The number of aliphatic hydroxyl groups excluding tert-OH is 4. The zero-order valence-electron chi connectivity index (χ0n) is 28.7. The van der Waals surface area contributed by atoms with Crippen molar-refractivity contribution in [1.29, 1.82) is 0 Å². The molecule has 260 valence electrons. The molecule has 3 fully saturated rings. The molecule has 1 heterocycles. The fourth-order valence-corrected chi connectivity index (χ4v) is 10.7. The van der Waals surface area contributed by atoms with E-state index in [1.165, 1.54) is 18.3 Å². The lowest BCUT2D eigenvalue weighted by molar-refractivity contribution is -0.313. The molecule has 13 unspecified atom stereocenters. The number of aliphatic hydroxyl groups is 4. The van der Waals surface area contributed by atoms with Gasteiger partial charge in [0.05, 0.1) is 18.8 Å². The fourth-order valence-electron chi connectivity index (χ4n) is 10.7. The van der Waals surface area contributed by atoms with E-state index < -0.39 is 66.3 Å². The second-order valence-corrected chi connectivity index (χ2v) is 15.8. The van der Waals surface area contributed by atoms with E-state index in [0.29, 0.717) is 38.0 Å². The van der Waals surface area contributed by atoms with E-state index in [1.807, 2.05) is 0 Å². The maximum Gasteiger partial charge on any atom is 0.317 e. The van der Waals surface area contributed by atoms with Crippen molar-refractivity contribution in [2.75, 3.05) is 13.7 Å². The Labute approximate surface area is 274 Å². The zero-order valence-corrected chi connectivity index (χ0v) is 28.7. The molecule has 0 aromatic rings. The molecule has 0 bridgehead atoms. The first-order chi connectivity index (χ1) is 21.6. The Morgan fingerprint density at radius 2 is 1.76 bits per heavy atom. The molecule has 4 aliphatic carbocycles. The summed E-state index contributed by atoms with van der Waals surface area (Å²) in [5, 5.41) is 54.2. The van der Waals surface area contributed by atoms with Gasteiger partial charge >= 0.3 is 5.97 Å². The van der Waals surface area contributed by atoms with Gasteiger partial charge in [-0.25, -0.2) is 0 Å². The quantitative estimate of drug-likeness (QED) is 0.212. The number of ether oxygens (including phenoxy) is 3. The largest absolute Gasteiger partial charge is 0.480 e. The van der Waals surface area contributed by atoms with Gasteiger partial charge < -0.3 is 39.7 Å². The first-order valence-electron chi connectivity index (χ1n) is 17.4. The number of fused-ring (bicyclic) bond motifs is 4. The van der Waals surface area contributed by atoms with Crippen molar-refractivity contribution in [2.45, 2.75) is 135 Å². The summed E-state index contributed by atoms with van der Waals surface area (Å²) in [5.41, 5.74) is 2.01. The summed E-state index contributed by atoms with van der Waals surface area (Å²) >= 11 is 0. The molecule has 0 amide bonds. The van der Waals surface area contributed by atoms with Gasteiger partial charge in [-0.05, 0) is 97.9 Å². The highest BCUT2D eigenvalue weighted by molar-refractivity contribution is 5.83. The molecule has 0 radical (unpaired) electrons. The van der Waals surface area contributed by atoms with Crippen LogP contribution in [0.5, 0.6) is 0 Å². The Morgan fingerprint density at radius 3 is 2.37 bits per heavy atom. The van der Waals surface area contributed by atoms with Crippen molar-refractivity contribution in [3.63, 3.8) is 0 Å². The van der Waals surface area contributed by atoms with Gasteiger partial charge in [0.2, 0.25) is 0 Å². The first kappa shape index (κ1) is 35.7. The molecule has 13 atom stereocenters. The number of carboxylic acids is 1. The smallest absolute Gasteiger partial charge is 0.317 e. The third kappa shape index (κ3) is 5.28. The minimum atomic E-state index is -1.36. The van der Waals surface area contributed by atoms with Crippen molar-refractivity contribution >= 4 is 5.97 Å². The number of aliphatic carboxylic acids is 1. The second-order valence-electron chi connectivity index (χ2n) is 15.8. The molecule has 9 nitrogen and oxygen atoms in total. The standard InChI is InChI=1S/C37H58O9/c1-19(2)20(3)9-10-21(4)26-17-29(39)37(34(42)43)25-12-11-23-22(5)27(14-15-35(23,6)24(25)13-16-36(26,37)7)45-33-31(41)30(40)32(44-8)28(18-38)46-33/h19,21,23,26-33,38-41H,3,5,9-18H2,1-2,4,6-8H3,(H,42,43). The average Bonchev–Trinajstić information content (AvgIpc) is 3.26. The summed E-state index contributed by atoms with van der Waals surface area (Å²) in [5.74, 6) is -0.102. The van der Waals surface area contributed by atoms with Gasteiger partial charge in [-0.3, -0.25) is 4.79 Å². The minimum Gasteiger partial charge on any atom is -0.480 e. The molecule has 0 aromatic heterocycles. The number of hydrogen-bond donors (Lipinski definition) is 5. The second kappa shape index (κ2) is 13.0. The van der Waals surface area contributed by atoms with Gasteiger partial charge in [-0.2, -0.15) is 0 Å². The van der Waals surface area contributed by atoms with Gasteiger partial charge in [0.25, 0.3) is 0 Å². The molecular formula is C37H58O9. The topological polar surface area (TPSA) is 146 Å². The summed E-state index contributed by atoms with van der Waals surface area (Å²) in [6, 6.07) is 0. The highest BCUT2D eigenvalue weighted by atomic mass is 16.7. The first-order valence-corrected chi connectivity index (χ1v) is 17.4. The number of carboxylic acid groups (broad SMARTS) is 1. The zero-order chi connectivity index (χ0) is 33.9. The number of hydrogen-bond acceptors (Lipinski definition) is 8. The predicted octanol–water partition coefficient (Wildman–Crippen LogP) is 4.77. The summed E-state index contributed by atoms with van der Waals surface area (Å²) in [4.78, 5) is 13.6. The molecule has 1 saturated heterocycles. The van der Waals surface area contributed by atoms with Crippen LogP contribution in [0.1, 0.15) is 92.4 Å². The summed E-state index contributed by atoms with van der Waals surface area (Å²) in [6.45, 7) is 19.2. The van der Waals surface area contributed by atoms with E-state index in [9.17, 15) is 30.3 Å². The molecule has 0 spiro atoms. The summed E-state index contributed by atoms with van der Waals surface area (Å²) in [6.07, 6.45) is -0.457. The molecule has 46 heavy (non-hydrogen) atoms. The van der Waals surface area contributed by atoms with E-state index >= 15 is 0 Å². The maximum atomic E-state index is 13.6. The van der Waals surface area contributed by atoms with Crippen LogP contribution in [-0.2, 0) is 19.0 Å². The van der Waals surface area contributed by atoms with Crippen molar-refractivity contribution in [1.82, 2.24) is 0 Å². The Hall–Kier alpha value is -1.59. The number of rotatable bonds is 10. The van der Waals surface area contributed by atoms with E-state index in [1.54, 1.807) is 0 Å². The van der Waals surface area contributed by atoms with E-state index in [0.717, 1.165) is 36.8 Å². The molecule has 5 N–H and O–H groups in total. The molecule has 0 aromatic carbocycles. The van der Waals surface area contributed by atoms with Crippen LogP contribution in [0.25, 0.3) is 0 Å². The van der Waals surface area contributed by atoms with Crippen LogP contribution < -0.4 is 0 Å². The van der Waals surface area contributed by atoms with Crippen molar-refractivity contribution in [3.8, 4) is 0 Å². The van der Waals surface area contributed by atoms with Crippen LogP contribution >= 0.6 is 0 Å². The van der Waals surface area contributed by atoms with Crippen molar-refractivity contribution < 1.29 is 44.5 Å². The monoisotopic (exact) mass is 646 g/mol.